The molecule has 5 heteroatoms. The lowest BCUT2D eigenvalue weighted by Crippen LogP contribution is -2.32. The molecule has 0 aliphatic rings. The summed E-state index contributed by atoms with van der Waals surface area (Å²) < 4.78 is 18.4. The van der Waals surface area contributed by atoms with Crippen LogP contribution in [0.1, 0.15) is 25.5 Å². The van der Waals surface area contributed by atoms with Crippen LogP contribution in [-0.4, -0.2) is 36.2 Å². The van der Waals surface area contributed by atoms with Gasteiger partial charge in [0.2, 0.25) is 0 Å². The van der Waals surface area contributed by atoms with E-state index in [1.807, 2.05) is 13.8 Å². The van der Waals surface area contributed by atoms with E-state index in [0.717, 1.165) is 5.56 Å². The number of carbonyl (C=O) groups is 1. The molecule has 4 nitrogen and oxygen atoms in total. The molecule has 0 fully saturated rings. The van der Waals surface area contributed by atoms with Gasteiger partial charge in [0.25, 0.3) is 0 Å². The number of aliphatic carboxylic acids is 1. The zero-order chi connectivity index (χ0) is 13.7. The van der Waals surface area contributed by atoms with Crippen molar-refractivity contribution < 1.29 is 19.0 Å². The number of rotatable bonds is 6. The zero-order valence-corrected chi connectivity index (χ0v) is 10.8. The predicted octanol–water partition coefficient (Wildman–Crippen LogP) is 2.30. The van der Waals surface area contributed by atoms with Gasteiger partial charge in [-0.1, -0.05) is 13.0 Å². The molecule has 0 heterocycles. The Kier molecular flexibility index (Phi) is 5.09. The summed E-state index contributed by atoms with van der Waals surface area (Å²) in [5.74, 6) is -1.14. The average Bonchev–Trinajstić information content (AvgIpc) is 2.34. The monoisotopic (exact) mass is 255 g/mol. The lowest BCUT2D eigenvalue weighted by atomic mass is 10.1. The minimum atomic E-state index is -0.891. The summed E-state index contributed by atoms with van der Waals surface area (Å²) in [6.45, 7) is 4.25. The number of halogens is 1. The number of nitrogens with zero attached hydrogens (tertiary/aromatic N) is 1. The van der Waals surface area contributed by atoms with Crippen molar-refractivity contribution in [1.29, 1.82) is 0 Å². The summed E-state index contributed by atoms with van der Waals surface area (Å²) in [4.78, 5) is 12.5. The van der Waals surface area contributed by atoms with E-state index in [1.54, 1.807) is 17.0 Å². The molecule has 0 aliphatic heterocycles. The van der Waals surface area contributed by atoms with Crippen LogP contribution < -0.4 is 4.74 Å². The predicted molar refractivity (Wildman–Crippen MR) is 66.2 cm³/mol. The highest BCUT2D eigenvalue weighted by molar-refractivity contribution is 5.69. The van der Waals surface area contributed by atoms with Crippen LogP contribution in [0.3, 0.4) is 0 Å². The molecule has 0 radical (unpaired) electrons. The maximum Gasteiger partial charge on any atom is 0.317 e. The lowest BCUT2D eigenvalue weighted by molar-refractivity contribution is -0.138. The van der Waals surface area contributed by atoms with E-state index < -0.39 is 11.8 Å². The molecule has 100 valence electrons. The summed E-state index contributed by atoms with van der Waals surface area (Å²) in [6.07, 6.45) is 0. The van der Waals surface area contributed by atoms with Crippen molar-refractivity contribution in [2.45, 2.75) is 19.9 Å². The summed E-state index contributed by atoms with van der Waals surface area (Å²) >= 11 is 0. The normalized spacial score (nSPS) is 12.5. The van der Waals surface area contributed by atoms with Crippen molar-refractivity contribution in [3.63, 3.8) is 0 Å². The van der Waals surface area contributed by atoms with Gasteiger partial charge in [0.15, 0.2) is 11.6 Å². The third-order valence-electron chi connectivity index (χ3n) is 2.95. The van der Waals surface area contributed by atoms with Crippen LogP contribution in [0, 0.1) is 5.82 Å². The molecule has 0 aromatic heterocycles. The maximum absolute atomic E-state index is 13.6. The van der Waals surface area contributed by atoms with E-state index in [9.17, 15) is 9.18 Å². The van der Waals surface area contributed by atoms with Gasteiger partial charge in [0, 0.05) is 6.04 Å². The topological polar surface area (TPSA) is 49.8 Å². The third kappa shape index (κ3) is 3.43. The molecule has 0 bridgehead atoms. The van der Waals surface area contributed by atoms with Crippen molar-refractivity contribution in [3.05, 3.63) is 29.6 Å². The quantitative estimate of drug-likeness (QED) is 0.847. The first-order valence-corrected chi connectivity index (χ1v) is 5.78. The van der Waals surface area contributed by atoms with E-state index >= 15 is 0 Å². The number of hydrogen-bond acceptors (Lipinski definition) is 3. The number of benzene rings is 1. The molecule has 1 N–H and O–H groups in total. The summed E-state index contributed by atoms with van der Waals surface area (Å²) in [5.41, 5.74) is 0.733. The largest absolute Gasteiger partial charge is 0.494 e. The minimum absolute atomic E-state index is 0.0642. The number of carboxylic acids is 1. The number of hydrogen-bond donors (Lipinski definition) is 1. The molecule has 0 spiro atoms. The SMILES string of the molecule is CCN(CC(=O)O)C(C)c1ccc(OC)c(F)c1. The average molecular weight is 255 g/mol. The molecule has 0 aliphatic carbocycles. The fourth-order valence-electron chi connectivity index (χ4n) is 1.85. The van der Waals surface area contributed by atoms with Crippen LogP contribution in [0.15, 0.2) is 18.2 Å². The maximum atomic E-state index is 13.6. The van der Waals surface area contributed by atoms with Crippen LogP contribution in [0.25, 0.3) is 0 Å². The van der Waals surface area contributed by atoms with Gasteiger partial charge in [-0.3, -0.25) is 9.69 Å². The molecule has 18 heavy (non-hydrogen) atoms. The van der Waals surface area contributed by atoms with Gasteiger partial charge < -0.3 is 9.84 Å². The van der Waals surface area contributed by atoms with Crippen LogP contribution in [0.2, 0.25) is 0 Å². The minimum Gasteiger partial charge on any atom is -0.494 e. The Labute approximate surface area is 106 Å². The molecule has 1 rings (SSSR count). The van der Waals surface area contributed by atoms with Crippen molar-refractivity contribution in [2.24, 2.45) is 0 Å². The highest BCUT2D eigenvalue weighted by Gasteiger charge is 2.18. The third-order valence-corrected chi connectivity index (χ3v) is 2.95. The van der Waals surface area contributed by atoms with Crippen molar-refractivity contribution in [1.82, 2.24) is 4.90 Å². The van der Waals surface area contributed by atoms with Gasteiger partial charge in [-0.05, 0) is 31.2 Å². The first-order chi connectivity index (χ1) is 8.49. The Hall–Kier alpha value is -1.62. The standard InChI is InChI=1S/C13H18FNO3/c1-4-15(8-13(16)17)9(2)10-5-6-12(18-3)11(14)7-10/h5-7,9H,4,8H2,1-3H3,(H,16,17). The fourth-order valence-corrected chi connectivity index (χ4v) is 1.85. The number of methoxy groups -OCH3 is 1. The van der Waals surface area contributed by atoms with Crippen molar-refractivity contribution in [2.75, 3.05) is 20.2 Å². The second-order valence-corrected chi connectivity index (χ2v) is 4.03. The number of likely N-dealkylation sites (N-methyl/N-ethyl adjacent to an activating group) is 1. The van der Waals surface area contributed by atoms with Crippen LogP contribution in [0.4, 0.5) is 4.39 Å². The van der Waals surface area contributed by atoms with Gasteiger partial charge in [-0.15, -0.1) is 0 Å². The first-order valence-electron chi connectivity index (χ1n) is 5.78. The molecular formula is C13H18FNO3. The van der Waals surface area contributed by atoms with Gasteiger partial charge >= 0.3 is 5.97 Å². The lowest BCUT2D eigenvalue weighted by Gasteiger charge is -2.26. The van der Waals surface area contributed by atoms with Crippen molar-refractivity contribution >= 4 is 5.97 Å². The Morgan fingerprint density at radius 3 is 2.67 bits per heavy atom. The van der Waals surface area contributed by atoms with E-state index in [4.69, 9.17) is 9.84 Å². The Balaban J connectivity index is 2.91. The fraction of sp³-hybridized carbons (Fsp3) is 0.462. The van der Waals surface area contributed by atoms with Crippen molar-refractivity contribution in [3.8, 4) is 5.75 Å². The molecule has 1 unspecified atom stereocenters. The smallest absolute Gasteiger partial charge is 0.317 e. The number of ether oxygens (including phenoxy) is 1. The van der Waals surface area contributed by atoms with E-state index in [0.29, 0.717) is 6.54 Å². The molecule has 1 atom stereocenters. The highest BCUT2D eigenvalue weighted by atomic mass is 19.1. The zero-order valence-electron chi connectivity index (χ0n) is 10.8. The Morgan fingerprint density at radius 2 is 2.22 bits per heavy atom. The summed E-state index contributed by atoms with van der Waals surface area (Å²) in [6, 6.07) is 4.52. The molecular weight excluding hydrogens is 237 g/mol. The van der Waals surface area contributed by atoms with E-state index in [-0.39, 0.29) is 18.3 Å². The Morgan fingerprint density at radius 1 is 1.56 bits per heavy atom. The molecule has 1 aromatic rings. The summed E-state index contributed by atoms with van der Waals surface area (Å²) in [7, 11) is 1.41. The molecule has 0 saturated carbocycles. The van der Waals surface area contributed by atoms with E-state index in [1.165, 1.54) is 13.2 Å². The van der Waals surface area contributed by atoms with Gasteiger partial charge in [-0.2, -0.15) is 0 Å². The van der Waals surface area contributed by atoms with E-state index in [2.05, 4.69) is 0 Å². The van der Waals surface area contributed by atoms with Crippen LogP contribution in [0.5, 0.6) is 5.75 Å². The summed E-state index contributed by atoms with van der Waals surface area (Å²) in [5, 5.41) is 8.81. The van der Waals surface area contributed by atoms with Crippen LogP contribution >= 0.6 is 0 Å². The molecule has 0 amide bonds. The number of carboxylic acid groups (broad SMARTS) is 1. The second kappa shape index (κ2) is 6.35. The van der Waals surface area contributed by atoms with Crippen LogP contribution in [-0.2, 0) is 4.79 Å². The Bertz CT molecular complexity index is 423. The molecule has 1 aromatic carbocycles. The van der Waals surface area contributed by atoms with Gasteiger partial charge in [0.1, 0.15) is 0 Å². The molecule has 0 saturated heterocycles. The van der Waals surface area contributed by atoms with Gasteiger partial charge in [0.05, 0.1) is 13.7 Å². The first kappa shape index (κ1) is 14.4. The highest BCUT2D eigenvalue weighted by Crippen LogP contribution is 2.25. The second-order valence-electron chi connectivity index (χ2n) is 4.03. The van der Waals surface area contributed by atoms with Gasteiger partial charge in [-0.25, -0.2) is 4.39 Å².